The Balaban J connectivity index is 2.45. The molecule has 0 fully saturated rings. The van der Waals surface area contributed by atoms with Crippen molar-refractivity contribution in [2.24, 2.45) is 5.73 Å². The van der Waals surface area contributed by atoms with E-state index in [0.29, 0.717) is 25.1 Å². The standard InChI is InChI=1S/C12H13ClN2O2/c13-6-12(17)15-10-3-1-8(7-14)5-9(10)2-4-11(15)16/h1,3,5H,2,4,6-7,14H2. The van der Waals surface area contributed by atoms with Crippen LogP contribution in [0.4, 0.5) is 5.69 Å². The maximum Gasteiger partial charge on any atom is 0.248 e. The van der Waals surface area contributed by atoms with E-state index in [0.717, 1.165) is 11.1 Å². The fraction of sp³-hybridized carbons (Fsp3) is 0.333. The zero-order valence-electron chi connectivity index (χ0n) is 9.28. The summed E-state index contributed by atoms with van der Waals surface area (Å²) in [5.74, 6) is -0.758. The molecule has 0 saturated heterocycles. The number of hydrogen-bond donors (Lipinski definition) is 1. The Bertz CT molecular complexity index is 474. The van der Waals surface area contributed by atoms with Crippen molar-refractivity contribution in [3.63, 3.8) is 0 Å². The highest BCUT2D eigenvalue weighted by atomic mass is 35.5. The normalized spacial score (nSPS) is 14.7. The predicted molar refractivity (Wildman–Crippen MR) is 65.9 cm³/mol. The van der Waals surface area contributed by atoms with Crippen molar-refractivity contribution >= 4 is 29.1 Å². The van der Waals surface area contributed by atoms with Gasteiger partial charge in [0.1, 0.15) is 5.88 Å². The Kier molecular flexibility index (Phi) is 3.45. The third-order valence-corrected chi connectivity index (χ3v) is 3.07. The number of alkyl halides is 1. The molecule has 1 aliphatic heterocycles. The van der Waals surface area contributed by atoms with E-state index >= 15 is 0 Å². The summed E-state index contributed by atoms with van der Waals surface area (Å²) in [5.41, 5.74) is 8.18. The summed E-state index contributed by atoms with van der Waals surface area (Å²) < 4.78 is 0. The van der Waals surface area contributed by atoms with E-state index in [2.05, 4.69) is 0 Å². The van der Waals surface area contributed by atoms with Gasteiger partial charge in [-0.25, -0.2) is 4.90 Å². The molecule has 4 nitrogen and oxygen atoms in total. The molecule has 0 atom stereocenters. The first-order chi connectivity index (χ1) is 8.17. The number of imide groups is 1. The summed E-state index contributed by atoms with van der Waals surface area (Å²) in [6.07, 6.45) is 0.984. The van der Waals surface area contributed by atoms with Crippen LogP contribution in [0.15, 0.2) is 18.2 Å². The number of aryl methyl sites for hydroxylation is 1. The van der Waals surface area contributed by atoms with E-state index in [1.54, 1.807) is 6.07 Å². The second-order valence-corrected chi connectivity index (χ2v) is 4.19. The maximum atomic E-state index is 11.7. The topological polar surface area (TPSA) is 63.4 Å². The van der Waals surface area contributed by atoms with Crippen LogP contribution in [0.2, 0.25) is 0 Å². The van der Waals surface area contributed by atoms with Gasteiger partial charge in [0, 0.05) is 13.0 Å². The second kappa shape index (κ2) is 4.85. The SMILES string of the molecule is NCc1ccc2c(c1)CCC(=O)N2C(=O)CCl. The van der Waals surface area contributed by atoms with Crippen LogP contribution in [0.25, 0.3) is 0 Å². The highest BCUT2D eigenvalue weighted by Crippen LogP contribution is 2.29. The lowest BCUT2D eigenvalue weighted by Gasteiger charge is -2.27. The smallest absolute Gasteiger partial charge is 0.248 e. The minimum absolute atomic E-state index is 0.191. The molecular weight excluding hydrogens is 240 g/mol. The first kappa shape index (κ1) is 12.1. The monoisotopic (exact) mass is 252 g/mol. The van der Waals surface area contributed by atoms with E-state index in [9.17, 15) is 9.59 Å². The van der Waals surface area contributed by atoms with Gasteiger partial charge in [-0.05, 0) is 23.6 Å². The van der Waals surface area contributed by atoms with Gasteiger partial charge in [-0.1, -0.05) is 12.1 Å². The van der Waals surface area contributed by atoms with Crippen LogP contribution in [0.1, 0.15) is 17.5 Å². The van der Waals surface area contributed by atoms with Gasteiger partial charge < -0.3 is 5.73 Å². The number of halogens is 1. The quantitative estimate of drug-likeness (QED) is 0.805. The molecule has 2 N–H and O–H groups in total. The van der Waals surface area contributed by atoms with Crippen molar-refractivity contribution < 1.29 is 9.59 Å². The largest absolute Gasteiger partial charge is 0.326 e. The van der Waals surface area contributed by atoms with Crippen LogP contribution in [-0.4, -0.2) is 17.7 Å². The van der Waals surface area contributed by atoms with E-state index in [-0.39, 0.29) is 17.7 Å². The molecule has 1 heterocycles. The lowest BCUT2D eigenvalue weighted by Crippen LogP contribution is -2.41. The Morgan fingerprint density at radius 1 is 1.41 bits per heavy atom. The second-order valence-electron chi connectivity index (χ2n) is 3.92. The van der Waals surface area contributed by atoms with Crippen molar-refractivity contribution in [1.29, 1.82) is 0 Å². The van der Waals surface area contributed by atoms with Gasteiger partial charge in [0.05, 0.1) is 5.69 Å². The highest BCUT2D eigenvalue weighted by Gasteiger charge is 2.28. The highest BCUT2D eigenvalue weighted by molar-refractivity contribution is 6.33. The summed E-state index contributed by atoms with van der Waals surface area (Å²) in [6, 6.07) is 5.53. The molecule has 0 unspecified atom stereocenters. The number of anilines is 1. The molecule has 2 amide bonds. The Morgan fingerprint density at radius 2 is 2.18 bits per heavy atom. The summed E-state index contributed by atoms with van der Waals surface area (Å²) >= 11 is 5.51. The third-order valence-electron chi connectivity index (χ3n) is 2.84. The first-order valence-corrected chi connectivity index (χ1v) is 5.94. The van der Waals surface area contributed by atoms with Crippen molar-refractivity contribution in [1.82, 2.24) is 0 Å². The molecule has 1 aliphatic rings. The van der Waals surface area contributed by atoms with Crippen LogP contribution < -0.4 is 10.6 Å². The Hall–Kier alpha value is -1.39. The molecular formula is C12H13ClN2O2. The van der Waals surface area contributed by atoms with E-state index in [4.69, 9.17) is 17.3 Å². The fourth-order valence-electron chi connectivity index (χ4n) is 2.01. The number of nitrogens with two attached hydrogens (primary N) is 1. The zero-order valence-corrected chi connectivity index (χ0v) is 10.0. The number of amides is 2. The number of fused-ring (bicyclic) bond motifs is 1. The van der Waals surface area contributed by atoms with E-state index in [1.165, 1.54) is 4.90 Å². The van der Waals surface area contributed by atoms with Crippen molar-refractivity contribution in [2.45, 2.75) is 19.4 Å². The summed E-state index contributed by atoms with van der Waals surface area (Å²) in [5, 5.41) is 0. The van der Waals surface area contributed by atoms with Crippen LogP contribution >= 0.6 is 11.6 Å². The summed E-state index contributed by atoms with van der Waals surface area (Å²) in [4.78, 5) is 24.5. The Morgan fingerprint density at radius 3 is 2.82 bits per heavy atom. The molecule has 0 spiro atoms. The van der Waals surface area contributed by atoms with Crippen LogP contribution in [0.3, 0.4) is 0 Å². The van der Waals surface area contributed by atoms with Crippen LogP contribution in [-0.2, 0) is 22.6 Å². The molecule has 0 bridgehead atoms. The average Bonchev–Trinajstić information content (AvgIpc) is 2.37. The zero-order chi connectivity index (χ0) is 12.4. The average molecular weight is 253 g/mol. The summed E-state index contributed by atoms with van der Waals surface area (Å²) in [6.45, 7) is 0.449. The summed E-state index contributed by atoms with van der Waals surface area (Å²) in [7, 11) is 0. The maximum absolute atomic E-state index is 11.7. The van der Waals surface area contributed by atoms with Crippen molar-refractivity contribution in [2.75, 3.05) is 10.8 Å². The predicted octanol–water partition coefficient (Wildman–Crippen LogP) is 1.19. The number of nitrogens with zero attached hydrogens (tertiary/aromatic N) is 1. The number of carbonyl (C=O) groups excluding carboxylic acids is 2. The molecule has 0 radical (unpaired) electrons. The van der Waals surface area contributed by atoms with Crippen LogP contribution in [0.5, 0.6) is 0 Å². The number of benzene rings is 1. The third kappa shape index (κ3) is 2.18. The van der Waals surface area contributed by atoms with Gasteiger partial charge in [-0.3, -0.25) is 9.59 Å². The number of hydrogen-bond acceptors (Lipinski definition) is 3. The molecule has 1 aromatic carbocycles. The number of rotatable bonds is 2. The Labute approximate surface area is 104 Å². The van der Waals surface area contributed by atoms with E-state index < -0.39 is 0 Å². The lowest BCUT2D eigenvalue weighted by atomic mass is 9.98. The van der Waals surface area contributed by atoms with E-state index in [1.807, 2.05) is 12.1 Å². The minimum atomic E-state index is -0.377. The van der Waals surface area contributed by atoms with Gasteiger partial charge >= 0.3 is 0 Å². The first-order valence-electron chi connectivity index (χ1n) is 5.41. The number of carbonyl (C=O) groups is 2. The fourth-order valence-corrected chi connectivity index (χ4v) is 2.12. The minimum Gasteiger partial charge on any atom is -0.326 e. The van der Waals surface area contributed by atoms with Gasteiger partial charge in [0.25, 0.3) is 0 Å². The van der Waals surface area contributed by atoms with Crippen molar-refractivity contribution in [3.8, 4) is 0 Å². The van der Waals surface area contributed by atoms with Gasteiger partial charge in [0.2, 0.25) is 11.8 Å². The molecule has 0 aromatic heterocycles. The van der Waals surface area contributed by atoms with Gasteiger partial charge in [-0.15, -0.1) is 11.6 Å². The molecule has 1 aromatic rings. The molecule has 0 saturated carbocycles. The molecule has 17 heavy (non-hydrogen) atoms. The van der Waals surface area contributed by atoms with Crippen molar-refractivity contribution in [3.05, 3.63) is 29.3 Å². The molecule has 5 heteroatoms. The lowest BCUT2D eigenvalue weighted by molar-refractivity contribution is -0.125. The van der Waals surface area contributed by atoms with Crippen LogP contribution in [0, 0.1) is 0 Å². The van der Waals surface area contributed by atoms with Gasteiger partial charge in [0.15, 0.2) is 0 Å². The molecule has 90 valence electrons. The van der Waals surface area contributed by atoms with Gasteiger partial charge in [-0.2, -0.15) is 0 Å². The molecule has 2 rings (SSSR count). The molecule has 0 aliphatic carbocycles.